The molecule has 3 rings (SSSR count). The van der Waals surface area contributed by atoms with Gasteiger partial charge in [0.25, 0.3) is 0 Å². The lowest BCUT2D eigenvalue weighted by Gasteiger charge is -2.49. The Morgan fingerprint density at radius 1 is 1.38 bits per heavy atom. The molecule has 0 aromatic heterocycles. The van der Waals surface area contributed by atoms with Gasteiger partial charge in [0.15, 0.2) is 0 Å². The van der Waals surface area contributed by atoms with Crippen molar-refractivity contribution in [3.05, 3.63) is 0 Å². The molecule has 3 aliphatic rings. The molecule has 4 heteroatoms. The van der Waals surface area contributed by atoms with Crippen LogP contribution in [-0.2, 0) is 4.79 Å². The summed E-state index contributed by atoms with van der Waals surface area (Å²) in [4.78, 5) is 15.4. The normalized spacial score (nSPS) is 35.2. The molecule has 74 valence electrons. The van der Waals surface area contributed by atoms with Crippen LogP contribution in [0.2, 0.25) is 0 Å². The van der Waals surface area contributed by atoms with Gasteiger partial charge in [-0.15, -0.1) is 0 Å². The van der Waals surface area contributed by atoms with Crippen LogP contribution in [0, 0.1) is 0 Å². The van der Waals surface area contributed by atoms with Gasteiger partial charge in [-0.25, -0.2) is 0 Å². The van der Waals surface area contributed by atoms with E-state index in [0.717, 1.165) is 13.1 Å². The topological polar surface area (TPSA) is 49.6 Å². The molecule has 2 atom stereocenters. The number of nitrogens with two attached hydrogens (primary N) is 1. The molecule has 13 heavy (non-hydrogen) atoms. The molecule has 4 nitrogen and oxygen atoms in total. The summed E-state index contributed by atoms with van der Waals surface area (Å²) in [5, 5.41) is 0. The van der Waals surface area contributed by atoms with Gasteiger partial charge in [-0.3, -0.25) is 9.69 Å². The zero-order chi connectivity index (χ0) is 9.42. The number of likely N-dealkylation sites (N-methyl/N-ethyl adjacent to an activating group) is 1. The highest BCUT2D eigenvalue weighted by atomic mass is 16.1. The van der Waals surface area contributed by atoms with Crippen LogP contribution in [0.4, 0.5) is 0 Å². The van der Waals surface area contributed by atoms with Gasteiger partial charge in [0.2, 0.25) is 5.91 Å². The molecule has 0 spiro atoms. The quantitative estimate of drug-likeness (QED) is 0.613. The molecule has 0 aromatic carbocycles. The fourth-order valence-corrected chi connectivity index (χ4v) is 2.52. The van der Waals surface area contributed by atoms with Gasteiger partial charge < -0.3 is 10.6 Å². The molecule has 0 aromatic rings. The number of primary amides is 1. The third-order valence-corrected chi connectivity index (χ3v) is 3.28. The molecular weight excluding hydrogens is 166 g/mol. The van der Waals surface area contributed by atoms with E-state index in [1.54, 1.807) is 0 Å². The summed E-state index contributed by atoms with van der Waals surface area (Å²) in [5.41, 5.74) is 5.20. The third kappa shape index (κ3) is 1.69. The van der Waals surface area contributed by atoms with Crippen LogP contribution >= 0.6 is 0 Å². The van der Waals surface area contributed by atoms with Crippen LogP contribution in [0.1, 0.15) is 12.8 Å². The van der Waals surface area contributed by atoms with E-state index >= 15 is 0 Å². The van der Waals surface area contributed by atoms with E-state index in [0.29, 0.717) is 18.6 Å². The maximum atomic E-state index is 10.8. The molecule has 1 amide bonds. The standard InChI is InChI=1S/C9H17N3O/c1-11-4-8-3-2-7(11)5-12(8)6-9(10)13/h7-8H,2-6H2,1H3,(H2,10,13)/t7-,8-/m1/s1. The van der Waals surface area contributed by atoms with Crippen LogP contribution in [-0.4, -0.2) is 54.5 Å². The van der Waals surface area contributed by atoms with E-state index in [1.807, 2.05) is 0 Å². The summed E-state index contributed by atoms with van der Waals surface area (Å²) in [7, 11) is 2.17. The minimum atomic E-state index is -0.199. The summed E-state index contributed by atoms with van der Waals surface area (Å²) < 4.78 is 0. The van der Waals surface area contributed by atoms with Crippen LogP contribution < -0.4 is 5.73 Å². The lowest BCUT2D eigenvalue weighted by Crippen LogP contribution is -2.62. The van der Waals surface area contributed by atoms with Crippen molar-refractivity contribution < 1.29 is 4.79 Å². The van der Waals surface area contributed by atoms with Crippen molar-refractivity contribution in [1.82, 2.24) is 9.80 Å². The van der Waals surface area contributed by atoms with Crippen LogP contribution in [0.3, 0.4) is 0 Å². The van der Waals surface area contributed by atoms with Crippen molar-refractivity contribution >= 4 is 5.91 Å². The number of amides is 1. The molecule has 0 radical (unpaired) electrons. The molecule has 3 heterocycles. The van der Waals surface area contributed by atoms with E-state index in [-0.39, 0.29) is 5.91 Å². The Labute approximate surface area is 78.7 Å². The Hall–Kier alpha value is -0.610. The Balaban J connectivity index is 1.98. The Bertz CT molecular complexity index is 219. The number of piperazine rings is 1. The molecule has 0 saturated carbocycles. The van der Waals surface area contributed by atoms with E-state index in [4.69, 9.17) is 5.73 Å². The van der Waals surface area contributed by atoms with Gasteiger partial charge in [-0.1, -0.05) is 0 Å². The van der Waals surface area contributed by atoms with Crippen molar-refractivity contribution in [2.24, 2.45) is 5.73 Å². The maximum absolute atomic E-state index is 10.8. The largest absolute Gasteiger partial charge is 0.369 e. The monoisotopic (exact) mass is 183 g/mol. The highest BCUT2D eigenvalue weighted by molar-refractivity contribution is 5.76. The zero-order valence-corrected chi connectivity index (χ0v) is 8.07. The van der Waals surface area contributed by atoms with Crippen molar-refractivity contribution in [2.75, 3.05) is 26.7 Å². The zero-order valence-electron chi connectivity index (χ0n) is 8.07. The number of fused-ring (bicyclic) bond motifs is 3. The number of hydrogen-bond acceptors (Lipinski definition) is 3. The minimum absolute atomic E-state index is 0.199. The predicted molar refractivity (Wildman–Crippen MR) is 50.2 cm³/mol. The van der Waals surface area contributed by atoms with E-state index in [9.17, 15) is 4.79 Å². The molecule has 0 unspecified atom stereocenters. The molecule has 3 fully saturated rings. The second kappa shape index (κ2) is 3.27. The van der Waals surface area contributed by atoms with Gasteiger partial charge in [-0.2, -0.15) is 0 Å². The van der Waals surface area contributed by atoms with E-state index in [2.05, 4.69) is 16.8 Å². The van der Waals surface area contributed by atoms with Crippen molar-refractivity contribution in [2.45, 2.75) is 24.9 Å². The average Bonchev–Trinajstić information content (AvgIpc) is 2.05. The smallest absolute Gasteiger partial charge is 0.231 e. The van der Waals surface area contributed by atoms with Crippen LogP contribution in [0.25, 0.3) is 0 Å². The molecule has 3 saturated heterocycles. The molecular formula is C9H17N3O. The first-order valence-electron chi connectivity index (χ1n) is 4.89. The number of piperidine rings is 2. The first kappa shape index (κ1) is 8.97. The second-order valence-electron chi connectivity index (χ2n) is 4.22. The Morgan fingerprint density at radius 3 is 2.54 bits per heavy atom. The van der Waals surface area contributed by atoms with Crippen molar-refractivity contribution in [3.63, 3.8) is 0 Å². The lowest BCUT2D eigenvalue weighted by molar-refractivity contribution is -0.121. The predicted octanol–water partition coefficient (Wildman–Crippen LogP) is -0.750. The van der Waals surface area contributed by atoms with Crippen molar-refractivity contribution in [1.29, 1.82) is 0 Å². The summed E-state index contributed by atoms with van der Waals surface area (Å²) in [5.74, 6) is -0.199. The fraction of sp³-hybridized carbons (Fsp3) is 0.889. The van der Waals surface area contributed by atoms with Gasteiger partial charge in [0, 0.05) is 25.2 Å². The number of carbonyl (C=O) groups excluding carboxylic acids is 1. The van der Waals surface area contributed by atoms with Gasteiger partial charge >= 0.3 is 0 Å². The van der Waals surface area contributed by atoms with Crippen LogP contribution in [0.15, 0.2) is 0 Å². The Morgan fingerprint density at radius 2 is 2.08 bits per heavy atom. The number of hydrogen-bond donors (Lipinski definition) is 1. The fourth-order valence-electron chi connectivity index (χ4n) is 2.52. The van der Waals surface area contributed by atoms with E-state index < -0.39 is 0 Å². The highest BCUT2D eigenvalue weighted by Crippen LogP contribution is 2.26. The Kier molecular flexibility index (Phi) is 2.26. The second-order valence-corrected chi connectivity index (χ2v) is 4.22. The number of nitrogens with zero attached hydrogens (tertiary/aromatic N) is 2. The lowest BCUT2D eigenvalue weighted by atomic mass is 9.91. The number of carbonyl (C=O) groups is 1. The molecule has 2 bridgehead atoms. The molecule has 2 N–H and O–H groups in total. The van der Waals surface area contributed by atoms with Crippen molar-refractivity contribution in [3.8, 4) is 0 Å². The summed E-state index contributed by atoms with van der Waals surface area (Å²) in [6.07, 6.45) is 2.50. The summed E-state index contributed by atoms with van der Waals surface area (Å²) >= 11 is 0. The molecule has 3 aliphatic heterocycles. The summed E-state index contributed by atoms with van der Waals surface area (Å²) in [6.45, 7) is 2.55. The van der Waals surface area contributed by atoms with Crippen LogP contribution in [0.5, 0.6) is 0 Å². The highest BCUT2D eigenvalue weighted by Gasteiger charge is 2.37. The minimum Gasteiger partial charge on any atom is -0.369 e. The van der Waals surface area contributed by atoms with Gasteiger partial charge in [0.05, 0.1) is 6.54 Å². The number of rotatable bonds is 2. The van der Waals surface area contributed by atoms with E-state index in [1.165, 1.54) is 12.8 Å². The average molecular weight is 183 g/mol. The first-order chi connectivity index (χ1) is 6.16. The molecule has 0 aliphatic carbocycles. The van der Waals surface area contributed by atoms with Gasteiger partial charge in [-0.05, 0) is 19.9 Å². The first-order valence-corrected chi connectivity index (χ1v) is 4.89. The van der Waals surface area contributed by atoms with Gasteiger partial charge in [0.1, 0.15) is 0 Å². The summed E-state index contributed by atoms with van der Waals surface area (Å²) in [6, 6.07) is 1.20. The SMILES string of the molecule is CN1C[C@H]2CC[C@@H]1CN2CC(N)=O. The maximum Gasteiger partial charge on any atom is 0.231 e. The third-order valence-electron chi connectivity index (χ3n) is 3.28.